The molecule has 0 aromatic heterocycles. The molecule has 2 aromatic carbocycles. The molecule has 0 heterocycles. The summed E-state index contributed by atoms with van der Waals surface area (Å²) < 4.78 is 10.3. The molecule has 34 heavy (non-hydrogen) atoms. The Balaban J connectivity index is 2.10. The van der Waals surface area contributed by atoms with Crippen LogP contribution in [0.2, 0.25) is 0 Å². The summed E-state index contributed by atoms with van der Waals surface area (Å²) >= 11 is 0. The number of rotatable bonds is 11. The van der Waals surface area contributed by atoms with Crippen molar-refractivity contribution in [2.75, 3.05) is 7.11 Å². The molecule has 0 saturated heterocycles. The van der Waals surface area contributed by atoms with Gasteiger partial charge in [0.2, 0.25) is 5.91 Å². The van der Waals surface area contributed by atoms with Crippen molar-refractivity contribution >= 4 is 23.7 Å². The van der Waals surface area contributed by atoms with Gasteiger partial charge in [-0.3, -0.25) is 14.9 Å². The molecule has 0 unspecified atom stereocenters. The van der Waals surface area contributed by atoms with Gasteiger partial charge >= 0.3 is 12.1 Å². The molecule has 0 bridgehead atoms. The number of nitrogens with zero attached hydrogens (tertiary/aromatic N) is 1. The molecule has 2 aromatic rings. The van der Waals surface area contributed by atoms with Crippen molar-refractivity contribution in [3.05, 3.63) is 69.8 Å². The zero-order valence-corrected chi connectivity index (χ0v) is 19.0. The van der Waals surface area contributed by atoms with Gasteiger partial charge in [0.25, 0.3) is 5.69 Å². The quantitative estimate of drug-likeness (QED) is 0.332. The number of alkyl carbamates (subject to hydrolysis) is 1. The molecule has 2 atom stereocenters. The van der Waals surface area contributed by atoms with Gasteiger partial charge in [0.1, 0.15) is 24.4 Å². The average molecular weight is 473 g/mol. The minimum Gasteiger partial charge on any atom is -0.496 e. The number of methoxy groups -OCH3 is 1. The maximum atomic E-state index is 12.8. The predicted molar refractivity (Wildman–Crippen MR) is 121 cm³/mol. The van der Waals surface area contributed by atoms with Crippen LogP contribution in [0, 0.1) is 16.0 Å². The first kappa shape index (κ1) is 26.1. The van der Waals surface area contributed by atoms with Crippen LogP contribution in [-0.4, -0.2) is 47.2 Å². The van der Waals surface area contributed by atoms with Gasteiger partial charge in [-0.2, -0.15) is 0 Å². The summed E-state index contributed by atoms with van der Waals surface area (Å²) in [4.78, 5) is 47.4. The average Bonchev–Trinajstić information content (AvgIpc) is 2.80. The summed E-state index contributed by atoms with van der Waals surface area (Å²) in [5.41, 5.74) is 0.759. The number of nitrogens with one attached hydrogen (secondary N) is 2. The lowest BCUT2D eigenvalue weighted by Crippen LogP contribution is -2.54. The van der Waals surface area contributed by atoms with Crippen LogP contribution in [0.5, 0.6) is 5.75 Å². The molecular weight excluding hydrogens is 446 g/mol. The van der Waals surface area contributed by atoms with E-state index in [0.29, 0.717) is 0 Å². The maximum Gasteiger partial charge on any atom is 0.408 e. The lowest BCUT2D eigenvalue weighted by atomic mass is 10.0. The highest BCUT2D eigenvalue weighted by atomic mass is 16.6. The van der Waals surface area contributed by atoms with Crippen LogP contribution in [0.1, 0.15) is 25.0 Å². The third-order valence-electron chi connectivity index (χ3n) is 4.95. The third kappa shape index (κ3) is 7.47. The highest BCUT2D eigenvalue weighted by Gasteiger charge is 2.30. The number of ether oxygens (including phenoxy) is 2. The first-order chi connectivity index (χ1) is 16.1. The molecule has 0 fully saturated rings. The number of amides is 2. The first-order valence-corrected chi connectivity index (χ1v) is 10.4. The summed E-state index contributed by atoms with van der Waals surface area (Å²) in [6.45, 7) is 3.37. The van der Waals surface area contributed by atoms with Crippen LogP contribution < -0.4 is 15.4 Å². The zero-order chi connectivity index (χ0) is 25.3. The Morgan fingerprint density at radius 3 is 2.32 bits per heavy atom. The largest absolute Gasteiger partial charge is 0.496 e. The van der Waals surface area contributed by atoms with Crippen LogP contribution in [0.3, 0.4) is 0 Å². The standard InChI is InChI=1S/C23H27N3O8/c1-14(2)20(25-23(30)34-13-15-7-5-4-6-8-15)21(27)24-18(22(28)29)12-16-11-17(26(31)32)9-10-19(16)33-3/h4-11,14,18,20H,12-13H2,1-3H3,(H,24,27)(H,25,30)(H,28,29)/t18-,20-/m1/s1. The van der Waals surface area contributed by atoms with Crippen molar-refractivity contribution in [3.8, 4) is 5.75 Å². The number of non-ortho nitro benzene ring substituents is 1. The van der Waals surface area contributed by atoms with E-state index in [9.17, 15) is 29.6 Å². The van der Waals surface area contributed by atoms with Crippen molar-refractivity contribution < 1.29 is 33.9 Å². The minimum absolute atomic E-state index is 0.00341. The Morgan fingerprint density at radius 2 is 1.76 bits per heavy atom. The lowest BCUT2D eigenvalue weighted by Gasteiger charge is -2.24. The summed E-state index contributed by atoms with van der Waals surface area (Å²) in [6, 6.07) is 10.3. The second-order valence-corrected chi connectivity index (χ2v) is 7.78. The van der Waals surface area contributed by atoms with Gasteiger partial charge in [0, 0.05) is 24.1 Å². The van der Waals surface area contributed by atoms with Crippen LogP contribution >= 0.6 is 0 Å². The molecule has 2 amide bonds. The lowest BCUT2D eigenvalue weighted by molar-refractivity contribution is -0.384. The molecule has 11 nitrogen and oxygen atoms in total. The van der Waals surface area contributed by atoms with E-state index in [2.05, 4.69) is 10.6 Å². The number of hydrogen-bond acceptors (Lipinski definition) is 7. The molecule has 2 rings (SSSR count). The summed E-state index contributed by atoms with van der Waals surface area (Å²) in [6.07, 6.45) is -1.10. The van der Waals surface area contributed by atoms with E-state index >= 15 is 0 Å². The van der Waals surface area contributed by atoms with Gasteiger partial charge in [0.05, 0.1) is 12.0 Å². The van der Waals surface area contributed by atoms with E-state index in [1.165, 1.54) is 25.3 Å². The third-order valence-corrected chi connectivity index (χ3v) is 4.95. The SMILES string of the molecule is COc1ccc([N+](=O)[O-])cc1C[C@@H](NC(=O)[C@H](NC(=O)OCc1ccccc1)C(C)C)C(=O)O. The number of benzene rings is 2. The molecule has 0 aliphatic carbocycles. The number of aliphatic carboxylic acids is 1. The Labute approximate surface area is 196 Å². The van der Waals surface area contributed by atoms with Gasteiger partial charge in [-0.25, -0.2) is 9.59 Å². The highest BCUT2D eigenvalue weighted by molar-refractivity contribution is 5.89. The molecule has 0 saturated carbocycles. The number of nitro groups is 1. The Bertz CT molecular complexity index is 1030. The second-order valence-electron chi connectivity index (χ2n) is 7.78. The number of carbonyl (C=O) groups is 3. The normalized spacial score (nSPS) is 12.4. The van der Waals surface area contributed by atoms with Crippen molar-refractivity contribution in [1.82, 2.24) is 10.6 Å². The molecular formula is C23H27N3O8. The van der Waals surface area contributed by atoms with Gasteiger partial charge in [0.15, 0.2) is 0 Å². The molecule has 0 aliphatic heterocycles. The smallest absolute Gasteiger partial charge is 0.408 e. The predicted octanol–water partition coefficient (Wildman–Crippen LogP) is 2.67. The molecule has 11 heteroatoms. The fraction of sp³-hybridized carbons (Fsp3) is 0.348. The Hall–Kier alpha value is -4.15. The Morgan fingerprint density at radius 1 is 1.09 bits per heavy atom. The van der Waals surface area contributed by atoms with E-state index in [-0.39, 0.29) is 35.9 Å². The van der Waals surface area contributed by atoms with E-state index in [0.717, 1.165) is 5.56 Å². The summed E-state index contributed by atoms with van der Waals surface area (Å²) in [7, 11) is 1.35. The van der Waals surface area contributed by atoms with Gasteiger partial charge in [-0.05, 0) is 17.5 Å². The fourth-order valence-corrected chi connectivity index (χ4v) is 3.15. The van der Waals surface area contributed by atoms with Gasteiger partial charge in [-0.15, -0.1) is 0 Å². The van der Waals surface area contributed by atoms with Crippen LogP contribution in [-0.2, 0) is 27.4 Å². The van der Waals surface area contributed by atoms with E-state index in [1.54, 1.807) is 38.1 Å². The topological polar surface area (TPSA) is 157 Å². The summed E-state index contributed by atoms with van der Waals surface area (Å²) in [5.74, 6) is -2.22. The van der Waals surface area contributed by atoms with Gasteiger partial charge < -0.3 is 25.2 Å². The Kier molecular flexibility index (Phi) is 9.36. The van der Waals surface area contributed by atoms with E-state index in [4.69, 9.17) is 9.47 Å². The van der Waals surface area contributed by atoms with Crippen molar-refractivity contribution in [2.24, 2.45) is 5.92 Å². The maximum absolute atomic E-state index is 12.8. The van der Waals surface area contributed by atoms with Crippen LogP contribution in [0.4, 0.5) is 10.5 Å². The monoisotopic (exact) mass is 473 g/mol. The minimum atomic E-state index is -1.42. The number of nitro benzene ring substituents is 1. The van der Waals surface area contributed by atoms with Crippen molar-refractivity contribution in [1.29, 1.82) is 0 Å². The van der Waals surface area contributed by atoms with Crippen LogP contribution in [0.15, 0.2) is 48.5 Å². The molecule has 0 aliphatic rings. The number of hydrogen-bond donors (Lipinski definition) is 3. The molecule has 182 valence electrons. The number of carboxylic acid groups (broad SMARTS) is 1. The van der Waals surface area contributed by atoms with Crippen molar-refractivity contribution in [3.63, 3.8) is 0 Å². The molecule has 0 radical (unpaired) electrons. The van der Waals surface area contributed by atoms with Crippen LogP contribution in [0.25, 0.3) is 0 Å². The number of carboxylic acids is 1. The van der Waals surface area contributed by atoms with Gasteiger partial charge in [-0.1, -0.05) is 44.2 Å². The number of carbonyl (C=O) groups excluding carboxylic acids is 2. The fourth-order valence-electron chi connectivity index (χ4n) is 3.15. The van der Waals surface area contributed by atoms with E-state index < -0.39 is 35.0 Å². The van der Waals surface area contributed by atoms with Crippen molar-refractivity contribution in [2.45, 2.75) is 39.0 Å². The zero-order valence-electron chi connectivity index (χ0n) is 19.0. The summed E-state index contributed by atoms with van der Waals surface area (Å²) in [5, 5.41) is 25.6. The van der Waals surface area contributed by atoms with E-state index in [1.807, 2.05) is 6.07 Å². The molecule has 3 N–H and O–H groups in total. The molecule has 0 spiro atoms. The first-order valence-electron chi connectivity index (χ1n) is 10.4. The highest BCUT2D eigenvalue weighted by Crippen LogP contribution is 2.25. The second kappa shape index (κ2) is 12.2.